The molecule has 0 amide bonds. The monoisotopic (exact) mass is 433 g/mol. The first-order valence-corrected chi connectivity index (χ1v) is 10.2. The predicted molar refractivity (Wildman–Crippen MR) is 110 cm³/mol. The molecule has 4 rings (SSSR count). The Hall–Kier alpha value is -2.64. The average molecular weight is 433 g/mol. The predicted octanol–water partition coefficient (Wildman–Crippen LogP) is 6.08. The van der Waals surface area contributed by atoms with E-state index in [4.69, 9.17) is 4.74 Å². The quantitative estimate of drug-likeness (QED) is 0.456. The Kier molecular flexibility index (Phi) is 6.16. The number of hydrogen-bond donors (Lipinski definition) is 0. The fraction of sp³-hybridized carbons (Fsp3) is 0.333. The van der Waals surface area contributed by atoms with Crippen LogP contribution in [0.4, 0.5) is 17.6 Å². The highest BCUT2D eigenvalue weighted by molar-refractivity contribution is 5.83. The number of alkyl halides is 3. The molecule has 164 valence electrons. The van der Waals surface area contributed by atoms with Gasteiger partial charge in [0.15, 0.2) is 0 Å². The Morgan fingerprint density at radius 3 is 2.35 bits per heavy atom. The molecule has 1 atom stereocenters. The Labute approximate surface area is 178 Å². The van der Waals surface area contributed by atoms with Gasteiger partial charge in [-0.15, -0.1) is 13.2 Å². The summed E-state index contributed by atoms with van der Waals surface area (Å²) in [5, 5.41) is 1.96. The zero-order valence-corrected chi connectivity index (χ0v) is 17.0. The summed E-state index contributed by atoms with van der Waals surface area (Å²) in [6, 6.07) is 16.4. The van der Waals surface area contributed by atoms with Crippen LogP contribution in [0.3, 0.4) is 0 Å². The van der Waals surface area contributed by atoms with E-state index in [1.165, 1.54) is 0 Å². The molecule has 0 N–H and O–H groups in total. The van der Waals surface area contributed by atoms with Gasteiger partial charge in [-0.3, -0.25) is 0 Å². The van der Waals surface area contributed by atoms with Crippen LogP contribution in [0, 0.1) is 5.82 Å². The molecule has 1 fully saturated rings. The van der Waals surface area contributed by atoms with Crippen LogP contribution < -0.4 is 4.74 Å². The maximum atomic E-state index is 14.8. The van der Waals surface area contributed by atoms with Gasteiger partial charge >= 0.3 is 6.36 Å². The molecule has 3 aromatic rings. The number of ether oxygens (including phenoxy) is 2. The number of fused-ring (bicyclic) bond motifs is 1. The summed E-state index contributed by atoms with van der Waals surface area (Å²) >= 11 is 0. The number of nitrogens with zero attached hydrogens (tertiary/aromatic N) is 1. The average Bonchev–Trinajstić information content (AvgIpc) is 2.73. The summed E-state index contributed by atoms with van der Waals surface area (Å²) in [4.78, 5) is 2.18. The van der Waals surface area contributed by atoms with Crippen LogP contribution in [-0.4, -0.2) is 37.5 Å². The van der Waals surface area contributed by atoms with E-state index in [0.29, 0.717) is 5.56 Å². The third-order valence-electron chi connectivity index (χ3n) is 5.55. The lowest BCUT2D eigenvalue weighted by molar-refractivity contribution is -0.274. The molecule has 1 saturated heterocycles. The number of hydrogen-bond acceptors (Lipinski definition) is 3. The van der Waals surface area contributed by atoms with Crippen molar-refractivity contribution in [2.45, 2.75) is 31.4 Å². The van der Waals surface area contributed by atoms with E-state index < -0.39 is 24.0 Å². The van der Waals surface area contributed by atoms with Crippen molar-refractivity contribution in [2.75, 3.05) is 20.1 Å². The van der Waals surface area contributed by atoms with E-state index in [9.17, 15) is 17.6 Å². The lowest BCUT2D eigenvalue weighted by atomic mass is 9.97. The van der Waals surface area contributed by atoms with Gasteiger partial charge in [-0.1, -0.05) is 36.4 Å². The van der Waals surface area contributed by atoms with Crippen molar-refractivity contribution >= 4 is 10.8 Å². The van der Waals surface area contributed by atoms with Crippen LogP contribution in [0.1, 0.15) is 30.1 Å². The zero-order chi connectivity index (χ0) is 22.0. The molecule has 7 heteroatoms. The molecular formula is C24H23F4NO2. The number of benzene rings is 3. The van der Waals surface area contributed by atoms with E-state index in [2.05, 4.69) is 9.64 Å². The summed E-state index contributed by atoms with van der Waals surface area (Å²) in [6.07, 6.45) is -4.31. The topological polar surface area (TPSA) is 21.7 Å². The lowest BCUT2D eigenvalue weighted by Crippen LogP contribution is -2.35. The van der Waals surface area contributed by atoms with Gasteiger partial charge in [0.05, 0.1) is 6.10 Å². The third-order valence-corrected chi connectivity index (χ3v) is 5.55. The molecule has 0 aliphatic carbocycles. The molecule has 0 saturated carbocycles. The van der Waals surface area contributed by atoms with Gasteiger partial charge in [-0.25, -0.2) is 4.39 Å². The van der Waals surface area contributed by atoms with E-state index in [0.717, 1.165) is 54.9 Å². The molecule has 0 aromatic heterocycles. The lowest BCUT2D eigenvalue weighted by Gasteiger charge is -2.32. The second kappa shape index (κ2) is 8.85. The summed E-state index contributed by atoms with van der Waals surface area (Å²) in [7, 11) is 2.02. The molecule has 1 heterocycles. The van der Waals surface area contributed by atoms with Crippen LogP contribution in [0.2, 0.25) is 0 Å². The Morgan fingerprint density at radius 1 is 0.935 bits per heavy atom. The number of halogens is 4. The highest BCUT2D eigenvalue weighted by Gasteiger charge is 2.32. The van der Waals surface area contributed by atoms with Crippen molar-refractivity contribution in [3.8, 4) is 5.75 Å². The summed E-state index contributed by atoms with van der Waals surface area (Å²) in [5.74, 6) is -1.11. The minimum absolute atomic E-state index is 0.0240. The van der Waals surface area contributed by atoms with Crippen molar-refractivity contribution in [3.05, 3.63) is 77.6 Å². The Morgan fingerprint density at radius 2 is 1.65 bits per heavy atom. The standard InChI is InChI=1S/C24H23F4NO2/c1-29-12-10-19(11-13-29)30-23(18-7-6-16-4-2-3-5-17(16)14-18)21-15-20(8-9-22(21)25)31-24(26,27)28/h2-9,14-15,19,23H,10-13H2,1H3. The van der Waals surface area contributed by atoms with Crippen molar-refractivity contribution in [1.29, 1.82) is 0 Å². The highest BCUT2D eigenvalue weighted by atomic mass is 19.4. The third kappa shape index (κ3) is 5.35. The second-order valence-corrected chi connectivity index (χ2v) is 7.86. The van der Waals surface area contributed by atoms with Crippen LogP contribution in [-0.2, 0) is 4.74 Å². The molecule has 0 bridgehead atoms. The number of piperidine rings is 1. The first kappa shape index (κ1) is 21.6. The van der Waals surface area contributed by atoms with E-state index in [-0.39, 0.29) is 11.7 Å². The maximum absolute atomic E-state index is 14.8. The van der Waals surface area contributed by atoms with E-state index in [1.54, 1.807) is 0 Å². The fourth-order valence-electron chi connectivity index (χ4n) is 3.94. The zero-order valence-electron chi connectivity index (χ0n) is 17.0. The fourth-order valence-corrected chi connectivity index (χ4v) is 3.94. The smallest absolute Gasteiger partial charge is 0.406 e. The minimum Gasteiger partial charge on any atom is -0.406 e. The summed E-state index contributed by atoms with van der Waals surface area (Å²) in [5.41, 5.74) is 0.705. The summed E-state index contributed by atoms with van der Waals surface area (Å²) < 4.78 is 63.4. The van der Waals surface area contributed by atoms with Gasteiger partial charge in [-0.2, -0.15) is 0 Å². The van der Waals surface area contributed by atoms with Gasteiger partial charge < -0.3 is 14.4 Å². The van der Waals surface area contributed by atoms with Crippen molar-refractivity contribution in [3.63, 3.8) is 0 Å². The second-order valence-electron chi connectivity index (χ2n) is 7.86. The molecule has 31 heavy (non-hydrogen) atoms. The molecule has 3 aromatic carbocycles. The maximum Gasteiger partial charge on any atom is 0.573 e. The molecule has 0 radical (unpaired) electrons. The van der Waals surface area contributed by atoms with Crippen LogP contribution >= 0.6 is 0 Å². The SMILES string of the molecule is CN1CCC(OC(c2ccc3ccccc3c2)c2cc(OC(F)(F)F)ccc2F)CC1. The number of rotatable bonds is 5. The first-order valence-electron chi connectivity index (χ1n) is 10.2. The van der Waals surface area contributed by atoms with E-state index >= 15 is 0 Å². The van der Waals surface area contributed by atoms with Gasteiger partial charge in [0.2, 0.25) is 0 Å². The largest absolute Gasteiger partial charge is 0.573 e. The van der Waals surface area contributed by atoms with Gasteiger partial charge in [0.25, 0.3) is 0 Å². The Balaban J connectivity index is 1.73. The number of likely N-dealkylation sites (tertiary alicyclic amines) is 1. The van der Waals surface area contributed by atoms with Crippen molar-refractivity contribution in [2.24, 2.45) is 0 Å². The van der Waals surface area contributed by atoms with Gasteiger partial charge in [-0.05, 0) is 60.5 Å². The van der Waals surface area contributed by atoms with Crippen molar-refractivity contribution in [1.82, 2.24) is 4.90 Å². The van der Waals surface area contributed by atoms with E-state index in [1.807, 2.05) is 49.5 Å². The molecule has 0 spiro atoms. The van der Waals surface area contributed by atoms with Crippen molar-refractivity contribution < 1.29 is 27.0 Å². The summed E-state index contributed by atoms with van der Waals surface area (Å²) in [6.45, 7) is 1.68. The molecular weight excluding hydrogens is 410 g/mol. The van der Waals surface area contributed by atoms with Crippen LogP contribution in [0.5, 0.6) is 5.75 Å². The minimum atomic E-state index is -4.86. The van der Waals surface area contributed by atoms with Gasteiger partial charge in [0.1, 0.15) is 17.7 Å². The van der Waals surface area contributed by atoms with Crippen LogP contribution in [0.15, 0.2) is 60.7 Å². The molecule has 1 unspecified atom stereocenters. The Bertz CT molecular complexity index is 1050. The van der Waals surface area contributed by atoms with Gasteiger partial charge in [0, 0.05) is 18.7 Å². The molecule has 1 aliphatic heterocycles. The first-order chi connectivity index (χ1) is 14.8. The molecule has 1 aliphatic rings. The highest BCUT2D eigenvalue weighted by Crippen LogP contribution is 2.36. The molecule has 3 nitrogen and oxygen atoms in total. The van der Waals surface area contributed by atoms with Crippen LogP contribution in [0.25, 0.3) is 10.8 Å². The normalized spacial score (nSPS) is 17.1.